The summed E-state index contributed by atoms with van der Waals surface area (Å²) in [5, 5.41) is 0.677. The lowest BCUT2D eigenvalue weighted by atomic mass is 10.2. The van der Waals surface area contributed by atoms with Crippen LogP contribution >= 0.6 is 23.4 Å². The van der Waals surface area contributed by atoms with E-state index in [2.05, 4.69) is 38.1 Å². The molecule has 0 aliphatic rings. The Hall–Kier alpha value is -0.140. The summed E-state index contributed by atoms with van der Waals surface area (Å²) in [4.78, 5) is 1.30. The molecule has 0 aliphatic carbocycles. The first-order valence-corrected chi connectivity index (χ1v) is 5.78. The lowest BCUT2D eigenvalue weighted by Gasteiger charge is -2.12. The molecule has 2 heteroatoms. The smallest absolute Gasteiger partial charge is 0.0427 e. The van der Waals surface area contributed by atoms with Crippen molar-refractivity contribution in [1.29, 1.82) is 0 Å². The van der Waals surface area contributed by atoms with Crippen LogP contribution in [0.4, 0.5) is 0 Å². The Morgan fingerprint density at radius 3 is 2.15 bits per heavy atom. The monoisotopic (exact) mass is 214 g/mol. The van der Waals surface area contributed by atoms with Gasteiger partial charge in [0.05, 0.1) is 0 Å². The molecule has 0 N–H and O–H groups in total. The van der Waals surface area contributed by atoms with Crippen molar-refractivity contribution in [2.24, 2.45) is 0 Å². The van der Waals surface area contributed by atoms with Crippen LogP contribution in [0.15, 0.2) is 29.2 Å². The lowest BCUT2D eigenvalue weighted by molar-refractivity contribution is 0.915. The minimum Gasteiger partial charge on any atom is -0.122 e. The van der Waals surface area contributed by atoms with Gasteiger partial charge < -0.3 is 0 Å². The largest absolute Gasteiger partial charge is 0.122 e. The summed E-state index contributed by atoms with van der Waals surface area (Å²) in [5.74, 6) is 0. The molecule has 72 valence electrons. The Morgan fingerprint density at radius 2 is 1.69 bits per heavy atom. The van der Waals surface area contributed by atoms with Gasteiger partial charge >= 0.3 is 0 Å². The third kappa shape index (κ3) is 3.61. The number of benzene rings is 1. The van der Waals surface area contributed by atoms with Crippen LogP contribution in [0.1, 0.15) is 19.4 Å². The number of thioether (sulfide) groups is 1. The minimum absolute atomic E-state index is 0.214. The average molecular weight is 215 g/mol. The molecule has 0 saturated heterocycles. The molecule has 0 saturated carbocycles. The molecule has 0 unspecified atom stereocenters. The fourth-order valence-electron chi connectivity index (χ4n) is 0.925. The van der Waals surface area contributed by atoms with E-state index >= 15 is 0 Å². The zero-order valence-electron chi connectivity index (χ0n) is 8.25. The van der Waals surface area contributed by atoms with E-state index in [1.54, 1.807) is 0 Å². The van der Waals surface area contributed by atoms with E-state index in [0.29, 0.717) is 5.25 Å². The van der Waals surface area contributed by atoms with E-state index in [4.69, 9.17) is 11.6 Å². The molecule has 0 amide bonds. The van der Waals surface area contributed by atoms with Gasteiger partial charge in [-0.05, 0) is 26.0 Å². The number of halogens is 1. The van der Waals surface area contributed by atoms with Gasteiger partial charge in [0.1, 0.15) is 0 Å². The highest BCUT2D eigenvalue weighted by molar-refractivity contribution is 8.00. The van der Waals surface area contributed by atoms with Gasteiger partial charge in [-0.2, -0.15) is 0 Å². The molecule has 0 spiro atoms. The van der Waals surface area contributed by atoms with Crippen molar-refractivity contribution in [2.75, 3.05) is 0 Å². The van der Waals surface area contributed by atoms with Gasteiger partial charge in [0, 0.05) is 15.5 Å². The maximum Gasteiger partial charge on any atom is 0.0427 e. The SMILES string of the molecule is Cc1ccc(S[C@@H](C)[C@@H](C)Cl)cc1. The Kier molecular flexibility index (Phi) is 4.14. The standard InChI is InChI=1S/C11H15ClS/c1-8-4-6-11(7-5-8)13-10(3)9(2)12/h4-7,9-10H,1-3H3/t9-,10+/m1/s1. The number of aryl methyl sites for hydroxylation is 1. The van der Waals surface area contributed by atoms with E-state index in [1.807, 2.05) is 18.7 Å². The van der Waals surface area contributed by atoms with Gasteiger partial charge in [0.2, 0.25) is 0 Å². The Labute approximate surface area is 89.7 Å². The second-order valence-electron chi connectivity index (χ2n) is 3.31. The summed E-state index contributed by atoms with van der Waals surface area (Å²) in [6.45, 7) is 6.29. The summed E-state index contributed by atoms with van der Waals surface area (Å²) >= 11 is 7.82. The first-order valence-electron chi connectivity index (χ1n) is 4.47. The highest BCUT2D eigenvalue weighted by atomic mass is 35.5. The van der Waals surface area contributed by atoms with Gasteiger partial charge in [-0.3, -0.25) is 0 Å². The molecule has 0 fully saturated rings. The highest BCUT2D eigenvalue weighted by Crippen LogP contribution is 2.27. The normalized spacial score (nSPS) is 15.4. The Morgan fingerprint density at radius 1 is 1.15 bits per heavy atom. The van der Waals surface area contributed by atoms with Gasteiger partial charge in [-0.25, -0.2) is 0 Å². The van der Waals surface area contributed by atoms with Crippen LogP contribution in [0.25, 0.3) is 0 Å². The van der Waals surface area contributed by atoms with Crippen molar-refractivity contribution >= 4 is 23.4 Å². The van der Waals surface area contributed by atoms with E-state index < -0.39 is 0 Å². The molecule has 1 aromatic carbocycles. The zero-order chi connectivity index (χ0) is 9.84. The summed E-state index contributed by atoms with van der Waals surface area (Å²) in [6.07, 6.45) is 0. The predicted octanol–water partition coefficient (Wildman–Crippen LogP) is 4.10. The minimum atomic E-state index is 0.214. The number of alkyl halides is 1. The van der Waals surface area contributed by atoms with Crippen LogP contribution in [0.2, 0.25) is 0 Å². The molecule has 2 atom stereocenters. The van der Waals surface area contributed by atoms with Crippen molar-refractivity contribution in [1.82, 2.24) is 0 Å². The van der Waals surface area contributed by atoms with Crippen LogP contribution in [-0.2, 0) is 0 Å². The van der Waals surface area contributed by atoms with Crippen molar-refractivity contribution in [3.63, 3.8) is 0 Å². The zero-order valence-corrected chi connectivity index (χ0v) is 9.82. The summed E-state index contributed by atoms with van der Waals surface area (Å²) in [5.41, 5.74) is 1.30. The van der Waals surface area contributed by atoms with E-state index in [9.17, 15) is 0 Å². The van der Waals surface area contributed by atoms with Gasteiger partial charge in [-0.1, -0.05) is 24.6 Å². The van der Waals surface area contributed by atoms with Gasteiger partial charge in [0.25, 0.3) is 0 Å². The third-order valence-corrected chi connectivity index (χ3v) is 3.84. The first kappa shape index (κ1) is 10.9. The predicted molar refractivity (Wildman–Crippen MR) is 61.8 cm³/mol. The third-order valence-electron chi connectivity index (χ3n) is 1.99. The second kappa shape index (κ2) is 4.92. The molecule has 13 heavy (non-hydrogen) atoms. The van der Waals surface area contributed by atoms with Crippen LogP contribution in [0.3, 0.4) is 0 Å². The first-order chi connectivity index (χ1) is 6.09. The molecular weight excluding hydrogens is 200 g/mol. The Bertz CT molecular complexity index is 253. The van der Waals surface area contributed by atoms with Crippen molar-refractivity contribution in [3.05, 3.63) is 29.8 Å². The maximum absolute atomic E-state index is 5.99. The fourth-order valence-corrected chi connectivity index (χ4v) is 1.99. The summed E-state index contributed by atoms with van der Waals surface area (Å²) in [7, 11) is 0. The maximum atomic E-state index is 5.99. The molecule has 0 nitrogen and oxygen atoms in total. The molecule has 0 heterocycles. The molecule has 1 rings (SSSR count). The van der Waals surface area contributed by atoms with Gasteiger partial charge in [0.15, 0.2) is 0 Å². The second-order valence-corrected chi connectivity index (χ2v) is 5.45. The van der Waals surface area contributed by atoms with Crippen molar-refractivity contribution < 1.29 is 0 Å². The van der Waals surface area contributed by atoms with Crippen molar-refractivity contribution in [3.8, 4) is 0 Å². The number of hydrogen-bond donors (Lipinski definition) is 0. The molecule has 1 aromatic rings. The topological polar surface area (TPSA) is 0 Å². The van der Waals surface area contributed by atoms with Gasteiger partial charge in [-0.15, -0.1) is 23.4 Å². The molecule has 0 bridgehead atoms. The van der Waals surface area contributed by atoms with Crippen LogP contribution in [0.5, 0.6) is 0 Å². The molecular formula is C11H15ClS. The highest BCUT2D eigenvalue weighted by Gasteiger charge is 2.09. The molecule has 0 aromatic heterocycles. The lowest BCUT2D eigenvalue weighted by Crippen LogP contribution is -2.08. The number of rotatable bonds is 3. The fraction of sp³-hybridized carbons (Fsp3) is 0.455. The molecule has 0 radical (unpaired) electrons. The quantitative estimate of drug-likeness (QED) is 0.539. The van der Waals surface area contributed by atoms with Crippen LogP contribution in [0, 0.1) is 6.92 Å². The molecule has 0 aliphatic heterocycles. The van der Waals surface area contributed by atoms with E-state index in [1.165, 1.54) is 10.5 Å². The van der Waals surface area contributed by atoms with Crippen LogP contribution < -0.4 is 0 Å². The van der Waals surface area contributed by atoms with E-state index in [-0.39, 0.29) is 5.38 Å². The average Bonchev–Trinajstić information content (AvgIpc) is 2.08. The van der Waals surface area contributed by atoms with Crippen molar-refractivity contribution in [2.45, 2.75) is 36.3 Å². The van der Waals surface area contributed by atoms with Crippen LogP contribution in [-0.4, -0.2) is 10.6 Å². The Balaban J connectivity index is 2.59. The number of hydrogen-bond acceptors (Lipinski definition) is 1. The summed E-state index contributed by atoms with van der Waals surface area (Å²) < 4.78 is 0. The summed E-state index contributed by atoms with van der Waals surface area (Å²) in [6, 6.07) is 8.56. The van der Waals surface area contributed by atoms with E-state index in [0.717, 1.165) is 0 Å².